The summed E-state index contributed by atoms with van der Waals surface area (Å²) in [7, 11) is 0. The average Bonchev–Trinajstić information content (AvgIpc) is 2.23. The highest BCUT2D eigenvalue weighted by Gasteiger charge is 2.05. The second-order valence-corrected chi connectivity index (χ2v) is 3.87. The Balaban J connectivity index is 2.32. The highest BCUT2D eigenvalue weighted by molar-refractivity contribution is 6.30. The summed E-state index contributed by atoms with van der Waals surface area (Å²) in [6.45, 7) is 1.01. The van der Waals surface area contributed by atoms with Gasteiger partial charge >= 0.3 is 0 Å². The molecule has 1 amide bonds. The number of halogens is 2. The van der Waals surface area contributed by atoms with Crippen molar-refractivity contribution in [3.8, 4) is 0 Å². The van der Waals surface area contributed by atoms with Crippen LogP contribution in [0.25, 0.3) is 0 Å². The van der Waals surface area contributed by atoms with E-state index in [9.17, 15) is 9.18 Å². The Morgan fingerprint density at radius 1 is 1.50 bits per heavy atom. The molecule has 0 unspecified atom stereocenters. The van der Waals surface area contributed by atoms with Crippen LogP contribution in [0.2, 0.25) is 5.02 Å². The molecule has 1 aromatic rings. The standard InChI is InChI=1S/C11H14ClFN2O/c12-9-4-1-3-8(11(9)13)7-15-6-2-5-10(14)16/h1,3-4,15H,2,5-7H2,(H2,14,16). The van der Waals surface area contributed by atoms with Gasteiger partial charge in [0.2, 0.25) is 5.91 Å². The van der Waals surface area contributed by atoms with Crippen LogP contribution in [0.1, 0.15) is 18.4 Å². The number of rotatable bonds is 6. The van der Waals surface area contributed by atoms with Crippen molar-refractivity contribution in [1.29, 1.82) is 0 Å². The first kappa shape index (κ1) is 12.9. The van der Waals surface area contributed by atoms with Crippen LogP contribution in [0.5, 0.6) is 0 Å². The molecule has 1 aromatic carbocycles. The number of hydrogen-bond donors (Lipinski definition) is 2. The summed E-state index contributed by atoms with van der Waals surface area (Å²) in [4.78, 5) is 10.4. The van der Waals surface area contributed by atoms with Crippen LogP contribution < -0.4 is 11.1 Å². The molecule has 0 fully saturated rings. The van der Waals surface area contributed by atoms with Crippen molar-refractivity contribution < 1.29 is 9.18 Å². The summed E-state index contributed by atoms with van der Waals surface area (Å²) >= 11 is 5.63. The second kappa shape index (κ2) is 6.45. The highest BCUT2D eigenvalue weighted by atomic mass is 35.5. The summed E-state index contributed by atoms with van der Waals surface area (Å²) in [6.07, 6.45) is 0.989. The molecule has 0 saturated heterocycles. The number of nitrogens with two attached hydrogens (primary N) is 1. The Morgan fingerprint density at radius 3 is 2.94 bits per heavy atom. The van der Waals surface area contributed by atoms with Crippen molar-refractivity contribution in [3.63, 3.8) is 0 Å². The molecule has 0 aliphatic carbocycles. The molecule has 0 saturated carbocycles. The maximum absolute atomic E-state index is 13.4. The van der Waals surface area contributed by atoms with E-state index < -0.39 is 5.82 Å². The van der Waals surface area contributed by atoms with Gasteiger partial charge < -0.3 is 11.1 Å². The first-order chi connectivity index (χ1) is 7.61. The van der Waals surface area contributed by atoms with Crippen LogP contribution in [0.15, 0.2) is 18.2 Å². The number of amides is 1. The van der Waals surface area contributed by atoms with Gasteiger partial charge in [0.05, 0.1) is 5.02 Å². The largest absolute Gasteiger partial charge is 0.370 e. The summed E-state index contributed by atoms with van der Waals surface area (Å²) in [5, 5.41) is 3.14. The lowest BCUT2D eigenvalue weighted by Crippen LogP contribution is -2.18. The quantitative estimate of drug-likeness (QED) is 0.751. The summed E-state index contributed by atoms with van der Waals surface area (Å²) in [5.41, 5.74) is 5.51. The van der Waals surface area contributed by atoms with E-state index in [0.717, 1.165) is 0 Å². The van der Waals surface area contributed by atoms with E-state index in [-0.39, 0.29) is 10.9 Å². The molecule has 0 heterocycles. The van der Waals surface area contributed by atoms with Gasteiger partial charge in [-0.2, -0.15) is 0 Å². The zero-order valence-corrected chi connectivity index (χ0v) is 9.56. The molecular weight excluding hydrogens is 231 g/mol. The van der Waals surface area contributed by atoms with E-state index >= 15 is 0 Å². The molecule has 0 radical (unpaired) electrons. The molecule has 1 rings (SSSR count). The van der Waals surface area contributed by atoms with Crippen molar-refractivity contribution in [2.24, 2.45) is 5.73 Å². The molecule has 0 atom stereocenters. The number of nitrogens with one attached hydrogen (secondary N) is 1. The zero-order valence-electron chi connectivity index (χ0n) is 8.80. The second-order valence-electron chi connectivity index (χ2n) is 3.46. The van der Waals surface area contributed by atoms with Crippen molar-refractivity contribution in [2.45, 2.75) is 19.4 Å². The summed E-state index contributed by atoms with van der Waals surface area (Å²) < 4.78 is 13.4. The predicted octanol–water partition coefficient (Wildman–Crippen LogP) is 1.83. The van der Waals surface area contributed by atoms with Crippen molar-refractivity contribution in [3.05, 3.63) is 34.6 Å². The molecule has 88 valence electrons. The van der Waals surface area contributed by atoms with E-state index in [0.29, 0.717) is 31.5 Å². The Bertz CT molecular complexity index is 371. The van der Waals surface area contributed by atoms with Gasteiger partial charge in [-0.25, -0.2) is 4.39 Å². The lowest BCUT2D eigenvalue weighted by atomic mass is 10.2. The highest BCUT2D eigenvalue weighted by Crippen LogP contribution is 2.17. The lowest BCUT2D eigenvalue weighted by Gasteiger charge is -2.06. The molecule has 0 spiro atoms. The van der Waals surface area contributed by atoms with E-state index in [1.807, 2.05) is 0 Å². The minimum Gasteiger partial charge on any atom is -0.370 e. The molecule has 0 aromatic heterocycles. The van der Waals surface area contributed by atoms with Gasteiger partial charge in [0.1, 0.15) is 5.82 Å². The number of carbonyl (C=O) groups excluding carboxylic acids is 1. The number of hydrogen-bond acceptors (Lipinski definition) is 2. The molecule has 0 bridgehead atoms. The van der Waals surface area contributed by atoms with Gasteiger partial charge in [0, 0.05) is 18.5 Å². The molecule has 3 N–H and O–H groups in total. The van der Waals surface area contributed by atoms with Gasteiger partial charge in [0.15, 0.2) is 0 Å². The predicted molar refractivity (Wildman–Crippen MR) is 61.5 cm³/mol. The third-order valence-corrected chi connectivity index (χ3v) is 2.42. The van der Waals surface area contributed by atoms with Gasteiger partial charge in [0.25, 0.3) is 0 Å². The third kappa shape index (κ3) is 4.16. The Morgan fingerprint density at radius 2 is 2.25 bits per heavy atom. The van der Waals surface area contributed by atoms with Crippen molar-refractivity contribution in [2.75, 3.05) is 6.54 Å². The minimum absolute atomic E-state index is 0.122. The monoisotopic (exact) mass is 244 g/mol. The van der Waals surface area contributed by atoms with E-state index in [4.69, 9.17) is 17.3 Å². The Hall–Kier alpha value is -1.13. The third-order valence-electron chi connectivity index (χ3n) is 2.12. The Labute approximate surface area is 98.8 Å². The van der Waals surface area contributed by atoms with Gasteiger partial charge in [-0.15, -0.1) is 0 Å². The minimum atomic E-state index is -0.397. The average molecular weight is 245 g/mol. The first-order valence-corrected chi connectivity index (χ1v) is 5.41. The van der Waals surface area contributed by atoms with Crippen LogP contribution in [-0.2, 0) is 11.3 Å². The maximum atomic E-state index is 13.4. The van der Waals surface area contributed by atoms with Gasteiger partial charge in [-0.1, -0.05) is 23.7 Å². The van der Waals surface area contributed by atoms with E-state index in [2.05, 4.69) is 5.32 Å². The fourth-order valence-electron chi connectivity index (χ4n) is 1.30. The zero-order chi connectivity index (χ0) is 12.0. The van der Waals surface area contributed by atoms with Gasteiger partial charge in [-0.05, 0) is 19.0 Å². The van der Waals surface area contributed by atoms with Crippen LogP contribution in [-0.4, -0.2) is 12.5 Å². The number of benzene rings is 1. The molecule has 0 aliphatic rings. The van der Waals surface area contributed by atoms with Crippen molar-refractivity contribution in [1.82, 2.24) is 5.32 Å². The van der Waals surface area contributed by atoms with Crippen LogP contribution in [0.4, 0.5) is 4.39 Å². The lowest BCUT2D eigenvalue weighted by molar-refractivity contribution is -0.118. The van der Waals surface area contributed by atoms with Gasteiger partial charge in [-0.3, -0.25) is 4.79 Å². The molecular formula is C11H14ClFN2O. The topological polar surface area (TPSA) is 55.1 Å². The summed E-state index contributed by atoms with van der Waals surface area (Å²) in [6, 6.07) is 4.88. The first-order valence-electron chi connectivity index (χ1n) is 5.03. The Kier molecular flexibility index (Phi) is 5.22. The number of carbonyl (C=O) groups is 1. The fourth-order valence-corrected chi connectivity index (χ4v) is 1.49. The summed E-state index contributed by atoms with van der Waals surface area (Å²) in [5.74, 6) is -0.720. The van der Waals surface area contributed by atoms with Crippen LogP contribution in [0.3, 0.4) is 0 Å². The molecule has 5 heteroatoms. The van der Waals surface area contributed by atoms with Crippen LogP contribution in [0, 0.1) is 5.82 Å². The van der Waals surface area contributed by atoms with Crippen LogP contribution >= 0.6 is 11.6 Å². The normalized spacial score (nSPS) is 10.4. The smallest absolute Gasteiger partial charge is 0.217 e. The maximum Gasteiger partial charge on any atom is 0.217 e. The molecule has 3 nitrogen and oxygen atoms in total. The van der Waals surface area contributed by atoms with E-state index in [1.54, 1.807) is 12.1 Å². The molecule has 0 aliphatic heterocycles. The SMILES string of the molecule is NC(=O)CCCNCc1cccc(Cl)c1F. The van der Waals surface area contributed by atoms with E-state index in [1.165, 1.54) is 6.07 Å². The van der Waals surface area contributed by atoms with Crippen molar-refractivity contribution >= 4 is 17.5 Å². The molecule has 16 heavy (non-hydrogen) atoms. The number of primary amides is 1. The fraction of sp³-hybridized carbons (Fsp3) is 0.364.